The molecule has 164 valence electrons. The van der Waals surface area contributed by atoms with Crippen molar-refractivity contribution in [3.05, 3.63) is 47.3 Å². The van der Waals surface area contributed by atoms with Gasteiger partial charge < -0.3 is 30.3 Å². The smallest absolute Gasteiger partial charge is 0.337 e. The van der Waals surface area contributed by atoms with Gasteiger partial charge in [0, 0.05) is 43.8 Å². The number of hydrogen-bond donors (Lipinski definition) is 3. The summed E-state index contributed by atoms with van der Waals surface area (Å²) >= 11 is 0. The van der Waals surface area contributed by atoms with Gasteiger partial charge >= 0.3 is 5.97 Å². The van der Waals surface area contributed by atoms with Crippen LogP contribution in [0.25, 0.3) is 0 Å². The predicted molar refractivity (Wildman–Crippen MR) is 117 cm³/mol. The molecule has 0 saturated carbocycles. The summed E-state index contributed by atoms with van der Waals surface area (Å²) in [5.41, 5.74) is 2.61. The molecule has 1 amide bonds. The Kier molecular flexibility index (Phi) is 6.71. The van der Waals surface area contributed by atoms with E-state index in [4.69, 9.17) is 9.84 Å². The third-order valence-corrected chi connectivity index (χ3v) is 4.66. The lowest BCUT2D eigenvalue weighted by molar-refractivity contribution is -0.136. The predicted octanol–water partition coefficient (Wildman–Crippen LogP) is 1.27. The highest BCUT2D eigenvalue weighted by atomic mass is 16.5. The minimum atomic E-state index is -0.581. The standard InChI is InChI=1S/C21H26N6O4/c1-13-11-17(26(2)3)25-21(22-13)24-15-7-5-14(6-8-15)23-18-16(20(30)31-4)12-27(9-10-28)19(18)29/h5-8,11,23,28H,9-10,12H2,1-4H3,(H,22,24,25). The van der Waals surface area contributed by atoms with Crippen LogP contribution in [0.4, 0.5) is 23.1 Å². The summed E-state index contributed by atoms with van der Waals surface area (Å²) < 4.78 is 4.79. The Hall–Kier alpha value is -3.66. The molecule has 10 heteroatoms. The number of benzene rings is 1. The van der Waals surface area contributed by atoms with Crippen LogP contribution in [0.2, 0.25) is 0 Å². The van der Waals surface area contributed by atoms with Crippen molar-refractivity contribution in [3.8, 4) is 0 Å². The molecule has 3 rings (SSSR count). The van der Waals surface area contributed by atoms with E-state index in [1.807, 2.05) is 44.1 Å². The number of ether oxygens (including phenoxy) is 1. The molecular formula is C21H26N6O4. The SMILES string of the molecule is COC(=O)C1=C(Nc2ccc(Nc3nc(C)cc(N(C)C)n3)cc2)C(=O)N(CCO)C1. The van der Waals surface area contributed by atoms with Crippen LogP contribution in [-0.4, -0.2) is 72.8 Å². The number of hydrogen-bond acceptors (Lipinski definition) is 9. The fraction of sp³-hybridized carbons (Fsp3) is 0.333. The molecule has 3 N–H and O–H groups in total. The van der Waals surface area contributed by atoms with Gasteiger partial charge in [0.25, 0.3) is 5.91 Å². The third-order valence-electron chi connectivity index (χ3n) is 4.66. The highest BCUT2D eigenvalue weighted by Crippen LogP contribution is 2.24. The lowest BCUT2D eigenvalue weighted by atomic mass is 10.2. The van der Waals surface area contributed by atoms with E-state index in [0.717, 1.165) is 17.2 Å². The summed E-state index contributed by atoms with van der Waals surface area (Å²) in [6, 6.07) is 9.06. The number of esters is 1. The van der Waals surface area contributed by atoms with E-state index in [9.17, 15) is 9.59 Å². The average Bonchev–Trinajstić information content (AvgIpc) is 3.04. The van der Waals surface area contributed by atoms with Crippen LogP contribution in [0.5, 0.6) is 0 Å². The molecule has 0 unspecified atom stereocenters. The van der Waals surface area contributed by atoms with Crippen LogP contribution < -0.4 is 15.5 Å². The van der Waals surface area contributed by atoms with Gasteiger partial charge in [-0.2, -0.15) is 4.98 Å². The largest absolute Gasteiger partial charge is 0.466 e. The molecule has 10 nitrogen and oxygen atoms in total. The second-order valence-electron chi connectivity index (χ2n) is 7.21. The molecule has 0 saturated heterocycles. The zero-order valence-corrected chi connectivity index (χ0v) is 18.0. The van der Waals surface area contributed by atoms with Crippen molar-refractivity contribution in [2.75, 3.05) is 56.4 Å². The lowest BCUT2D eigenvalue weighted by Gasteiger charge is -2.15. The Morgan fingerprint density at radius 2 is 1.84 bits per heavy atom. The molecule has 0 atom stereocenters. The van der Waals surface area contributed by atoms with Gasteiger partial charge in [-0.15, -0.1) is 0 Å². The minimum Gasteiger partial charge on any atom is -0.466 e. The van der Waals surface area contributed by atoms with E-state index in [1.165, 1.54) is 12.0 Å². The summed E-state index contributed by atoms with van der Waals surface area (Å²) in [6.07, 6.45) is 0. The Morgan fingerprint density at radius 3 is 2.42 bits per heavy atom. The van der Waals surface area contributed by atoms with E-state index in [0.29, 0.717) is 11.6 Å². The van der Waals surface area contributed by atoms with Crippen molar-refractivity contribution in [1.29, 1.82) is 0 Å². The van der Waals surface area contributed by atoms with Crippen molar-refractivity contribution < 1.29 is 19.4 Å². The van der Waals surface area contributed by atoms with Crippen molar-refractivity contribution >= 4 is 35.0 Å². The van der Waals surface area contributed by atoms with Crippen LogP contribution >= 0.6 is 0 Å². The molecular weight excluding hydrogens is 400 g/mol. The lowest BCUT2D eigenvalue weighted by Crippen LogP contribution is -2.31. The first kappa shape index (κ1) is 22.0. The molecule has 2 aromatic rings. The minimum absolute atomic E-state index is 0.0902. The van der Waals surface area contributed by atoms with Crippen LogP contribution in [-0.2, 0) is 14.3 Å². The highest BCUT2D eigenvalue weighted by molar-refractivity contribution is 6.08. The van der Waals surface area contributed by atoms with Gasteiger partial charge in [-0.25, -0.2) is 9.78 Å². The van der Waals surface area contributed by atoms with E-state index >= 15 is 0 Å². The summed E-state index contributed by atoms with van der Waals surface area (Å²) in [5, 5.41) is 15.3. The van der Waals surface area contributed by atoms with Crippen molar-refractivity contribution in [2.45, 2.75) is 6.92 Å². The Labute approximate surface area is 180 Å². The van der Waals surface area contributed by atoms with Crippen molar-refractivity contribution in [3.63, 3.8) is 0 Å². The van der Waals surface area contributed by atoms with Crippen molar-refractivity contribution in [2.24, 2.45) is 0 Å². The number of nitrogens with zero attached hydrogens (tertiary/aromatic N) is 4. The number of nitrogens with one attached hydrogen (secondary N) is 2. The Balaban J connectivity index is 1.77. The number of amides is 1. The molecule has 0 aliphatic carbocycles. The average molecular weight is 426 g/mol. The van der Waals surface area contributed by atoms with Gasteiger partial charge in [-0.05, 0) is 31.2 Å². The molecule has 31 heavy (non-hydrogen) atoms. The summed E-state index contributed by atoms with van der Waals surface area (Å²) in [4.78, 5) is 36.8. The van der Waals surface area contributed by atoms with Gasteiger partial charge in [0.05, 0.1) is 25.8 Å². The Morgan fingerprint density at radius 1 is 1.19 bits per heavy atom. The first-order chi connectivity index (χ1) is 14.8. The molecule has 0 bridgehead atoms. The molecule has 0 fully saturated rings. The van der Waals surface area contributed by atoms with Gasteiger partial charge in [0.2, 0.25) is 5.95 Å². The maximum absolute atomic E-state index is 12.6. The van der Waals surface area contributed by atoms with E-state index in [-0.39, 0.29) is 36.9 Å². The van der Waals surface area contributed by atoms with Gasteiger partial charge in [0.1, 0.15) is 11.5 Å². The van der Waals surface area contributed by atoms with Gasteiger partial charge in [0.15, 0.2) is 0 Å². The molecule has 1 aliphatic rings. The topological polar surface area (TPSA) is 120 Å². The second kappa shape index (κ2) is 9.43. The maximum Gasteiger partial charge on any atom is 0.337 e. The zero-order chi connectivity index (χ0) is 22.5. The van der Waals surface area contributed by atoms with Crippen molar-refractivity contribution in [1.82, 2.24) is 14.9 Å². The molecule has 1 aromatic heterocycles. The monoisotopic (exact) mass is 426 g/mol. The van der Waals surface area contributed by atoms with Crippen LogP contribution in [0, 0.1) is 6.92 Å². The van der Waals surface area contributed by atoms with E-state index < -0.39 is 5.97 Å². The number of β-amino-alcohol motifs (C(OH)–C–C–N with tert-alkyl or cyclic N) is 1. The number of methoxy groups -OCH3 is 1. The quantitative estimate of drug-likeness (QED) is 0.536. The second-order valence-corrected chi connectivity index (χ2v) is 7.21. The number of carbonyl (C=O) groups excluding carboxylic acids is 2. The first-order valence-corrected chi connectivity index (χ1v) is 9.71. The Bertz CT molecular complexity index is 1000. The number of aliphatic hydroxyl groups excluding tert-OH is 1. The van der Waals surface area contributed by atoms with Gasteiger partial charge in [-0.3, -0.25) is 4.79 Å². The fourth-order valence-corrected chi connectivity index (χ4v) is 3.10. The number of aryl methyl sites for hydroxylation is 1. The molecule has 1 aliphatic heterocycles. The maximum atomic E-state index is 12.6. The molecule has 2 heterocycles. The van der Waals surface area contributed by atoms with Gasteiger partial charge in [-0.1, -0.05) is 0 Å². The number of carbonyl (C=O) groups is 2. The van der Waals surface area contributed by atoms with Crippen LogP contribution in [0.1, 0.15) is 5.69 Å². The molecule has 1 aromatic carbocycles. The van der Waals surface area contributed by atoms with E-state index in [2.05, 4.69) is 20.6 Å². The zero-order valence-electron chi connectivity index (χ0n) is 18.0. The third kappa shape index (κ3) is 5.10. The normalized spacial score (nSPS) is 13.5. The molecule has 0 spiro atoms. The number of aliphatic hydroxyl groups is 1. The summed E-state index contributed by atoms with van der Waals surface area (Å²) in [6.45, 7) is 1.94. The van der Waals surface area contributed by atoms with Crippen LogP contribution in [0.3, 0.4) is 0 Å². The first-order valence-electron chi connectivity index (χ1n) is 9.71. The van der Waals surface area contributed by atoms with Crippen LogP contribution in [0.15, 0.2) is 41.6 Å². The molecule has 0 radical (unpaired) electrons. The summed E-state index contributed by atoms with van der Waals surface area (Å²) in [5.74, 6) is 0.331. The fourth-order valence-electron chi connectivity index (χ4n) is 3.10. The highest BCUT2D eigenvalue weighted by Gasteiger charge is 2.34. The number of aromatic nitrogens is 2. The number of rotatable bonds is 8. The van der Waals surface area contributed by atoms with E-state index in [1.54, 1.807) is 12.1 Å². The summed E-state index contributed by atoms with van der Waals surface area (Å²) in [7, 11) is 5.09. The number of anilines is 4.